The van der Waals surface area contributed by atoms with Crippen LogP contribution in [-0.4, -0.2) is 64.9 Å². The summed E-state index contributed by atoms with van der Waals surface area (Å²) in [6.07, 6.45) is 0.396. The molecule has 2 heterocycles. The predicted molar refractivity (Wildman–Crippen MR) is 127 cm³/mol. The first-order chi connectivity index (χ1) is 15.6. The van der Waals surface area contributed by atoms with Crippen molar-refractivity contribution in [3.8, 4) is 17.0 Å². The molecule has 0 radical (unpaired) electrons. The molecule has 1 atom stereocenters. The van der Waals surface area contributed by atoms with E-state index in [-0.39, 0.29) is 17.8 Å². The van der Waals surface area contributed by atoms with E-state index >= 15 is 0 Å². The lowest BCUT2D eigenvalue weighted by molar-refractivity contribution is 0.0212. The molecule has 1 saturated heterocycles. The summed E-state index contributed by atoms with van der Waals surface area (Å²) in [5, 5.41) is 9.96. The Kier molecular flexibility index (Phi) is 7.46. The van der Waals surface area contributed by atoms with Crippen molar-refractivity contribution in [2.24, 2.45) is 0 Å². The second-order valence-electron chi connectivity index (χ2n) is 8.98. The van der Waals surface area contributed by atoms with E-state index < -0.39 is 11.6 Å². The Labute approximate surface area is 195 Å². The molecule has 1 amide bonds. The first-order valence-electron chi connectivity index (χ1n) is 11.4. The molecule has 178 valence electrons. The smallest absolute Gasteiger partial charge is 0.410 e. The lowest BCUT2D eigenvalue weighted by Crippen LogP contribution is -2.55. The average molecular weight is 456 g/mol. The van der Waals surface area contributed by atoms with Gasteiger partial charge in [-0.05, 0) is 58.4 Å². The van der Waals surface area contributed by atoms with E-state index in [1.165, 1.54) is 0 Å². The Hall–Kier alpha value is -3.29. The number of carboxylic acid groups (broad SMARTS) is 1. The highest BCUT2D eigenvalue weighted by Crippen LogP contribution is 2.32. The van der Waals surface area contributed by atoms with Crippen LogP contribution in [0.2, 0.25) is 0 Å². The van der Waals surface area contributed by atoms with Crippen LogP contribution < -0.4 is 9.64 Å². The number of pyridine rings is 1. The number of piperazine rings is 1. The normalized spacial score (nSPS) is 16.5. The van der Waals surface area contributed by atoms with E-state index in [1.54, 1.807) is 11.0 Å². The zero-order valence-corrected chi connectivity index (χ0v) is 20.0. The summed E-state index contributed by atoms with van der Waals surface area (Å²) in [6.45, 7) is 11.3. The third kappa shape index (κ3) is 5.74. The highest BCUT2D eigenvalue weighted by atomic mass is 16.6. The standard InChI is InChI=1S/C25H33N3O5/c1-6-17-16-27(24(31)33-25(3,4)5)14-15-28(17)20-13-12-19(26-22(20)23(29)30)18-10-8-9-11-21(18)32-7-2/h8-13,17H,6-7,14-16H2,1-5H3,(H,29,30). The number of hydrogen-bond donors (Lipinski definition) is 1. The summed E-state index contributed by atoms with van der Waals surface area (Å²) in [5.74, 6) is -0.431. The molecule has 0 saturated carbocycles. The molecule has 1 N–H and O–H groups in total. The zero-order valence-electron chi connectivity index (χ0n) is 20.0. The lowest BCUT2D eigenvalue weighted by Gasteiger charge is -2.42. The summed E-state index contributed by atoms with van der Waals surface area (Å²) in [7, 11) is 0. The molecule has 1 aromatic carbocycles. The maximum Gasteiger partial charge on any atom is 0.410 e. The van der Waals surface area contributed by atoms with Gasteiger partial charge in [0.05, 0.1) is 18.0 Å². The van der Waals surface area contributed by atoms with E-state index in [0.29, 0.717) is 43.4 Å². The Morgan fingerprint density at radius 3 is 2.48 bits per heavy atom. The Balaban J connectivity index is 1.90. The second kappa shape index (κ2) is 10.1. The molecule has 8 nitrogen and oxygen atoms in total. The number of ether oxygens (including phenoxy) is 2. The van der Waals surface area contributed by atoms with Gasteiger partial charge in [-0.2, -0.15) is 0 Å². The quantitative estimate of drug-likeness (QED) is 0.676. The van der Waals surface area contributed by atoms with Gasteiger partial charge in [0.25, 0.3) is 0 Å². The average Bonchev–Trinajstić information content (AvgIpc) is 2.77. The summed E-state index contributed by atoms with van der Waals surface area (Å²) < 4.78 is 11.2. The van der Waals surface area contributed by atoms with Gasteiger partial charge in [0.1, 0.15) is 11.4 Å². The van der Waals surface area contributed by atoms with E-state index in [2.05, 4.69) is 4.98 Å². The molecular weight excluding hydrogens is 422 g/mol. The number of rotatable bonds is 6. The molecule has 1 fully saturated rings. The summed E-state index contributed by atoms with van der Waals surface area (Å²) in [4.78, 5) is 33.0. The topological polar surface area (TPSA) is 92.2 Å². The van der Waals surface area contributed by atoms with Crippen LogP contribution in [0.1, 0.15) is 51.5 Å². The first-order valence-corrected chi connectivity index (χ1v) is 11.4. The highest BCUT2D eigenvalue weighted by Gasteiger charge is 2.33. The second-order valence-corrected chi connectivity index (χ2v) is 8.98. The highest BCUT2D eigenvalue weighted by molar-refractivity contribution is 5.93. The fraction of sp³-hybridized carbons (Fsp3) is 0.480. The van der Waals surface area contributed by atoms with Crippen LogP contribution in [-0.2, 0) is 4.74 Å². The van der Waals surface area contributed by atoms with Gasteiger partial charge in [-0.1, -0.05) is 19.1 Å². The van der Waals surface area contributed by atoms with Crippen molar-refractivity contribution in [3.05, 3.63) is 42.1 Å². The molecule has 1 aromatic heterocycles. The van der Waals surface area contributed by atoms with Gasteiger partial charge in [0, 0.05) is 31.2 Å². The molecule has 0 aliphatic carbocycles. The van der Waals surface area contributed by atoms with Crippen molar-refractivity contribution >= 4 is 17.7 Å². The maximum atomic E-state index is 12.5. The lowest BCUT2D eigenvalue weighted by atomic mass is 10.1. The molecule has 8 heteroatoms. The van der Waals surface area contributed by atoms with E-state index in [0.717, 1.165) is 12.0 Å². The molecular formula is C25H33N3O5. The van der Waals surface area contributed by atoms with Crippen molar-refractivity contribution in [1.29, 1.82) is 0 Å². The van der Waals surface area contributed by atoms with Crippen LogP contribution in [0.25, 0.3) is 11.3 Å². The van der Waals surface area contributed by atoms with Crippen LogP contribution in [0, 0.1) is 0 Å². The van der Waals surface area contributed by atoms with E-state index in [9.17, 15) is 14.7 Å². The maximum absolute atomic E-state index is 12.5. The van der Waals surface area contributed by atoms with Gasteiger partial charge >= 0.3 is 12.1 Å². The van der Waals surface area contributed by atoms with Crippen molar-refractivity contribution in [2.45, 2.75) is 52.7 Å². The van der Waals surface area contributed by atoms with Crippen molar-refractivity contribution in [2.75, 3.05) is 31.1 Å². The predicted octanol–water partition coefficient (Wildman–Crippen LogP) is 4.68. The molecule has 0 bridgehead atoms. The van der Waals surface area contributed by atoms with Gasteiger partial charge < -0.3 is 24.4 Å². The number of carboxylic acids is 1. The number of anilines is 1. The zero-order chi connectivity index (χ0) is 24.2. The first kappa shape index (κ1) is 24.4. The Morgan fingerprint density at radius 2 is 1.85 bits per heavy atom. The van der Waals surface area contributed by atoms with Gasteiger partial charge in [0.15, 0.2) is 5.69 Å². The number of carbonyl (C=O) groups is 2. The molecule has 3 rings (SSSR count). The minimum absolute atomic E-state index is 0.0111. The number of aromatic carboxylic acids is 1. The molecule has 2 aromatic rings. The largest absolute Gasteiger partial charge is 0.493 e. The summed E-state index contributed by atoms with van der Waals surface area (Å²) in [6, 6.07) is 11.0. The van der Waals surface area contributed by atoms with Crippen molar-refractivity contribution in [1.82, 2.24) is 9.88 Å². The monoisotopic (exact) mass is 455 g/mol. The molecule has 0 spiro atoms. The molecule has 1 aliphatic rings. The molecule has 1 aliphatic heterocycles. The summed E-state index contributed by atoms with van der Waals surface area (Å²) in [5.41, 5.74) is 1.26. The number of amides is 1. The van der Waals surface area contributed by atoms with Gasteiger partial charge in [-0.15, -0.1) is 0 Å². The number of hydrogen-bond acceptors (Lipinski definition) is 6. The Morgan fingerprint density at radius 1 is 1.12 bits per heavy atom. The minimum atomic E-state index is -1.09. The molecule has 1 unspecified atom stereocenters. The van der Waals surface area contributed by atoms with Gasteiger partial charge in [0.2, 0.25) is 0 Å². The Bertz CT molecular complexity index is 1000. The third-order valence-corrected chi connectivity index (χ3v) is 5.45. The number of carbonyl (C=O) groups excluding carboxylic acids is 1. The third-order valence-electron chi connectivity index (χ3n) is 5.45. The minimum Gasteiger partial charge on any atom is -0.493 e. The van der Waals surface area contributed by atoms with Crippen LogP contribution in [0.4, 0.5) is 10.5 Å². The summed E-state index contributed by atoms with van der Waals surface area (Å²) >= 11 is 0. The van der Waals surface area contributed by atoms with Gasteiger partial charge in [-0.25, -0.2) is 14.6 Å². The number of para-hydroxylation sites is 1. The van der Waals surface area contributed by atoms with Crippen molar-refractivity contribution in [3.63, 3.8) is 0 Å². The van der Waals surface area contributed by atoms with Crippen molar-refractivity contribution < 1.29 is 24.2 Å². The van der Waals surface area contributed by atoms with Crippen LogP contribution in [0.15, 0.2) is 36.4 Å². The van der Waals surface area contributed by atoms with E-state index in [4.69, 9.17) is 9.47 Å². The SMILES string of the molecule is CCOc1ccccc1-c1ccc(N2CCN(C(=O)OC(C)(C)C)CC2CC)c(C(=O)O)n1. The van der Waals surface area contributed by atoms with Crippen LogP contribution in [0.5, 0.6) is 5.75 Å². The fourth-order valence-corrected chi connectivity index (χ4v) is 3.96. The van der Waals surface area contributed by atoms with Gasteiger partial charge in [-0.3, -0.25) is 0 Å². The van der Waals surface area contributed by atoms with Crippen LogP contribution in [0.3, 0.4) is 0 Å². The number of benzene rings is 1. The number of aromatic nitrogens is 1. The van der Waals surface area contributed by atoms with E-state index in [1.807, 2.05) is 69.9 Å². The number of nitrogens with zero attached hydrogens (tertiary/aromatic N) is 3. The molecule has 33 heavy (non-hydrogen) atoms. The fourth-order valence-electron chi connectivity index (χ4n) is 3.96. The van der Waals surface area contributed by atoms with Crippen LogP contribution >= 0.6 is 0 Å².